The SMILES string of the molecule is CNC(=O)COc1cc2cc(Nc3nc(N4CCC(CN5CCC(c6cc(OC)cc(C(=O)NC7CCC(=O)NC7=O)c6F)CC5)CC4)ncc3Cl)ccc2n(C(C)C)c1=O. The van der Waals surface area contributed by atoms with Gasteiger partial charge in [-0.1, -0.05) is 11.6 Å². The molecule has 324 valence electrons. The third kappa shape index (κ3) is 9.89. The predicted molar refractivity (Wildman–Crippen MR) is 228 cm³/mol. The largest absolute Gasteiger partial charge is 0.497 e. The number of hydrogen-bond acceptors (Lipinski definition) is 12. The van der Waals surface area contributed by atoms with Crippen LogP contribution in [0.15, 0.2) is 47.4 Å². The summed E-state index contributed by atoms with van der Waals surface area (Å²) in [5.74, 6) is -0.887. The molecular formula is C43H51ClFN9O7. The lowest BCUT2D eigenvalue weighted by Crippen LogP contribution is -2.52. The number of carbonyl (C=O) groups is 4. The summed E-state index contributed by atoms with van der Waals surface area (Å²) in [6.45, 7) is 7.55. The Bertz CT molecular complexity index is 2380. The maximum Gasteiger partial charge on any atom is 0.293 e. The highest BCUT2D eigenvalue weighted by Gasteiger charge is 2.32. The summed E-state index contributed by atoms with van der Waals surface area (Å²) in [6.07, 6.45) is 5.15. The minimum absolute atomic E-state index is 0.0769. The zero-order chi connectivity index (χ0) is 43.4. The second-order valence-corrected chi connectivity index (χ2v) is 16.5. The molecule has 4 N–H and O–H groups in total. The Morgan fingerprint density at radius 1 is 1.02 bits per heavy atom. The van der Waals surface area contributed by atoms with Crippen LogP contribution in [-0.4, -0.2) is 103 Å². The molecule has 0 radical (unpaired) electrons. The highest BCUT2D eigenvalue weighted by atomic mass is 35.5. The van der Waals surface area contributed by atoms with Gasteiger partial charge in [0.15, 0.2) is 18.2 Å². The number of likely N-dealkylation sites (tertiary alicyclic amines) is 1. The van der Waals surface area contributed by atoms with Crippen LogP contribution in [0.1, 0.15) is 80.3 Å². The van der Waals surface area contributed by atoms with E-state index in [4.69, 9.17) is 26.1 Å². The molecule has 7 rings (SSSR count). The Morgan fingerprint density at radius 3 is 2.46 bits per heavy atom. The molecule has 0 bridgehead atoms. The summed E-state index contributed by atoms with van der Waals surface area (Å²) >= 11 is 6.59. The lowest BCUT2D eigenvalue weighted by Gasteiger charge is -2.38. The number of carbonyl (C=O) groups excluding carboxylic acids is 4. The number of halogens is 2. The Kier molecular flexibility index (Phi) is 13.4. The number of piperidine rings is 3. The van der Waals surface area contributed by atoms with Crippen LogP contribution >= 0.6 is 11.6 Å². The third-order valence-electron chi connectivity index (χ3n) is 11.7. The fourth-order valence-corrected chi connectivity index (χ4v) is 8.48. The van der Waals surface area contributed by atoms with Crippen molar-refractivity contribution in [2.45, 2.75) is 70.4 Å². The van der Waals surface area contributed by atoms with Crippen molar-refractivity contribution in [2.75, 3.05) is 63.7 Å². The number of hydrogen-bond donors (Lipinski definition) is 4. The van der Waals surface area contributed by atoms with E-state index >= 15 is 4.39 Å². The van der Waals surface area contributed by atoms with Gasteiger partial charge < -0.3 is 39.8 Å². The number of ether oxygens (including phenoxy) is 2. The highest BCUT2D eigenvalue weighted by molar-refractivity contribution is 6.33. The van der Waals surface area contributed by atoms with Gasteiger partial charge in [0.25, 0.3) is 17.4 Å². The normalized spacial score (nSPS) is 18.0. The van der Waals surface area contributed by atoms with Crippen LogP contribution in [0.4, 0.5) is 21.8 Å². The van der Waals surface area contributed by atoms with Gasteiger partial charge in [0.1, 0.15) is 22.6 Å². The lowest BCUT2D eigenvalue weighted by molar-refractivity contribution is -0.134. The Hall–Kier alpha value is -5.81. The van der Waals surface area contributed by atoms with Gasteiger partial charge in [-0.2, -0.15) is 4.98 Å². The summed E-state index contributed by atoms with van der Waals surface area (Å²) in [7, 11) is 2.97. The molecule has 0 saturated carbocycles. The van der Waals surface area contributed by atoms with Crippen molar-refractivity contribution in [1.82, 2.24) is 35.4 Å². The number of anilines is 3. The third-order valence-corrected chi connectivity index (χ3v) is 12.0. The Labute approximate surface area is 357 Å². The first-order valence-electron chi connectivity index (χ1n) is 20.6. The molecule has 3 saturated heterocycles. The molecule has 5 heterocycles. The summed E-state index contributed by atoms with van der Waals surface area (Å²) in [5.41, 5.74) is 1.33. The molecule has 1 unspecified atom stereocenters. The van der Waals surface area contributed by atoms with Gasteiger partial charge in [-0.15, -0.1) is 0 Å². The monoisotopic (exact) mass is 859 g/mol. The molecule has 4 amide bonds. The average molecular weight is 860 g/mol. The standard InChI is InChI=1S/C43H51ClFN9O7/c1-24(2)54-34-7-5-28(17-27(34)18-35(42(54)59)61-23-37(56)46-3)48-39-32(44)21-47-43(51-39)53-15-9-25(10-16-53)22-52-13-11-26(12-14-52)30-19-29(60-4)20-31(38(30)45)40(57)49-33-6-8-36(55)50-41(33)58/h5,7,17-21,24-26,33H,6,8-16,22-23H2,1-4H3,(H,46,56)(H,49,57)(H,47,48,51)(H,50,55,58). The van der Waals surface area contributed by atoms with Crippen molar-refractivity contribution >= 4 is 63.6 Å². The van der Waals surface area contributed by atoms with Crippen LogP contribution in [0.5, 0.6) is 11.5 Å². The average Bonchev–Trinajstić information content (AvgIpc) is 3.25. The molecule has 1 atom stereocenters. The minimum atomic E-state index is -0.918. The van der Waals surface area contributed by atoms with E-state index in [9.17, 15) is 24.0 Å². The zero-order valence-electron chi connectivity index (χ0n) is 34.7. The molecule has 4 aromatic rings. The summed E-state index contributed by atoms with van der Waals surface area (Å²) in [4.78, 5) is 75.9. The Morgan fingerprint density at radius 2 is 1.77 bits per heavy atom. The number of likely N-dealkylation sites (N-methyl/N-ethyl adjacent to an activating group) is 1. The van der Waals surface area contributed by atoms with Crippen molar-refractivity contribution < 1.29 is 33.0 Å². The van der Waals surface area contributed by atoms with Gasteiger partial charge in [0, 0.05) is 50.2 Å². The van der Waals surface area contributed by atoms with Gasteiger partial charge in [0.05, 0.1) is 24.4 Å². The van der Waals surface area contributed by atoms with E-state index in [1.807, 2.05) is 32.0 Å². The number of aromatic nitrogens is 3. The van der Waals surface area contributed by atoms with Crippen LogP contribution in [0, 0.1) is 11.7 Å². The Balaban J connectivity index is 0.944. The summed E-state index contributed by atoms with van der Waals surface area (Å²) in [5, 5.41) is 11.7. The zero-order valence-corrected chi connectivity index (χ0v) is 35.4. The molecule has 2 aromatic heterocycles. The first-order valence-corrected chi connectivity index (χ1v) is 21.0. The molecule has 3 aliphatic heterocycles. The van der Waals surface area contributed by atoms with Gasteiger partial charge >= 0.3 is 0 Å². The van der Waals surface area contributed by atoms with E-state index in [0.29, 0.717) is 52.5 Å². The highest BCUT2D eigenvalue weighted by Crippen LogP contribution is 2.35. The topological polar surface area (TPSA) is 189 Å². The molecule has 2 aromatic carbocycles. The molecular weight excluding hydrogens is 809 g/mol. The van der Waals surface area contributed by atoms with Crippen molar-refractivity contribution in [2.24, 2.45) is 5.92 Å². The van der Waals surface area contributed by atoms with E-state index in [0.717, 1.165) is 56.5 Å². The fourth-order valence-electron chi connectivity index (χ4n) is 8.34. The lowest BCUT2D eigenvalue weighted by atomic mass is 9.86. The number of imide groups is 1. The molecule has 3 fully saturated rings. The fraction of sp³-hybridized carbons (Fsp3) is 0.465. The molecule has 0 spiro atoms. The second kappa shape index (κ2) is 18.8. The maximum atomic E-state index is 16.0. The van der Waals surface area contributed by atoms with E-state index in [-0.39, 0.29) is 54.2 Å². The van der Waals surface area contributed by atoms with Gasteiger partial charge in [0.2, 0.25) is 17.8 Å². The van der Waals surface area contributed by atoms with Crippen LogP contribution in [0.25, 0.3) is 10.9 Å². The maximum absolute atomic E-state index is 16.0. The first-order chi connectivity index (χ1) is 29.3. The number of rotatable bonds is 13. The number of amides is 4. The number of pyridine rings is 1. The predicted octanol–water partition coefficient (Wildman–Crippen LogP) is 4.67. The van der Waals surface area contributed by atoms with E-state index < -0.39 is 29.6 Å². The second-order valence-electron chi connectivity index (χ2n) is 16.1. The molecule has 16 nitrogen and oxygen atoms in total. The van der Waals surface area contributed by atoms with Crippen molar-refractivity contribution in [1.29, 1.82) is 0 Å². The summed E-state index contributed by atoms with van der Waals surface area (Å²) in [6, 6.07) is 9.15. The first kappa shape index (κ1) is 43.3. The van der Waals surface area contributed by atoms with Crippen molar-refractivity contribution in [3.8, 4) is 11.5 Å². The number of fused-ring (bicyclic) bond motifs is 1. The number of nitrogens with one attached hydrogen (secondary N) is 4. The van der Waals surface area contributed by atoms with E-state index in [2.05, 4.69) is 36.1 Å². The van der Waals surface area contributed by atoms with Crippen LogP contribution in [-0.2, 0) is 14.4 Å². The van der Waals surface area contributed by atoms with Crippen molar-refractivity contribution in [3.05, 3.63) is 74.9 Å². The van der Waals surface area contributed by atoms with E-state index in [1.165, 1.54) is 20.2 Å². The number of methoxy groups -OCH3 is 1. The minimum Gasteiger partial charge on any atom is -0.497 e. The van der Waals surface area contributed by atoms with Crippen LogP contribution in [0.2, 0.25) is 5.02 Å². The molecule has 61 heavy (non-hydrogen) atoms. The van der Waals surface area contributed by atoms with Gasteiger partial charge in [-0.05, 0) is 113 Å². The molecule has 18 heteroatoms. The van der Waals surface area contributed by atoms with E-state index in [1.54, 1.807) is 22.9 Å². The van der Waals surface area contributed by atoms with Crippen LogP contribution < -0.4 is 41.2 Å². The van der Waals surface area contributed by atoms with Crippen molar-refractivity contribution in [3.63, 3.8) is 0 Å². The smallest absolute Gasteiger partial charge is 0.293 e. The number of nitrogens with zero attached hydrogens (tertiary/aromatic N) is 5. The molecule has 0 aliphatic carbocycles. The van der Waals surface area contributed by atoms with Crippen LogP contribution in [0.3, 0.4) is 0 Å². The quantitative estimate of drug-likeness (QED) is 0.136. The van der Waals surface area contributed by atoms with Gasteiger partial charge in [-0.25, -0.2) is 9.37 Å². The molecule has 3 aliphatic rings. The summed E-state index contributed by atoms with van der Waals surface area (Å²) < 4.78 is 28.7. The van der Waals surface area contributed by atoms with Gasteiger partial charge in [-0.3, -0.25) is 29.3 Å². The number of benzene rings is 2.